The molecule has 0 radical (unpaired) electrons. The highest BCUT2D eigenvalue weighted by atomic mass is 19.2. The zero-order valence-corrected chi connectivity index (χ0v) is 19.2. The predicted octanol–water partition coefficient (Wildman–Crippen LogP) is 4.50. The second kappa shape index (κ2) is 10.9. The molecule has 0 spiro atoms. The summed E-state index contributed by atoms with van der Waals surface area (Å²) in [6.45, 7) is 4.66. The maximum Gasteiger partial charge on any atom is 0.347 e. The number of halogens is 2. The van der Waals surface area contributed by atoms with Crippen LogP contribution in [0.5, 0.6) is 0 Å². The molecule has 1 saturated carbocycles. The second-order valence-electron chi connectivity index (χ2n) is 7.64. The summed E-state index contributed by atoms with van der Waals surface area (Å²) in [5.74, 6) is -4.73. The lowest BCUT2D eigenvalue weighted by Gasteiger charge is -2.25. The monoisotopic (exact) mass is 472 g/mol. The van der Waals surface area contributed by atoms with E-state index in [1.54, 1.807) is 44.2 Å². The van der Waals surface area contributed by atoms with Crippen molar-refractivity contribution in [2.24, 2.45) is 0 Å². The maximum absolute atomic E-state index is 14.9. The van der Waals surface area contributed by atoms with Gasteiger partial charge in [0.05, 0.1) is 18.9 Å². The Morgan fingerprint density at radius 2 is 1.62 bits per heavy atom. The summed E-state index contributed by atoms with van der Waals surface area (Å²) in [6, 6.07) is 9.26. The van der Waals surface area contributed by atoms with E-state index in [4.69, 9.17) is 9.47 Å². The van der Waals surface area contributed by atoms with Crippen molar-refractivity contribution in [3.05, 3.63) is 70.9 Å². The van der Waals surface area contributed by atoms with Crippen LogP contribution in [0.3, 0.4) is 0 Å². The van der Waals surface area contributed by atoms with Crippen LogP contribution in [0.1, 0.15) is 42.6 Å². The number of esters is 2. The summed E-state index contributed by atoms with van der Waals surface area (Å²) in [6.07, 6.45) is 2.66. The predicted molar refractivity (Wildman–Crippen MR) is 122 cm³/mol. The van der Waals surface area contributed by atoms with Crippen LogP contribution in [0.15, 0.2) is 48.2 Å². The molecule has 0 atom stereocenters. The quantitative estimate of drug-likeness (QED) is 0.250. The van der Waals surface area contributed by atoms with Crippen molar-refractivity contribution in [2.45, 2.75) is 39.7 Å². The van der Waals surface area contributed by atoms with E-state index in [1.165, 1.54) is 24.1 Å². The van der Waals surface area contributed by atoms with E-state index in [9.17, 15) is 23.2 Å². The molecule has 1 fully saturated rings. The number of benzene rings is 2. The van der Waals surface area contributed by atoms with Gasteiger partial charge in [-0.25, -0.2) is 18.4 Å². The van der Waals surface area contributed by atoms with Gasteiger partial charge >= 0.3 is 11.9 Å². The first kappa shape index (κ1) is 24.9. The van der Waals surface area contributed by atoms with Crippen LogP contribution in [0.4, 0.5) is 20.2 Å². The van der Waals surface area contributed by atoms with Crippen molar-refractivity contribution in [1.29, 1.82) is 0 Å². The summed E-state index contributed by atoms with van der Waals surface area (Å²) >= 11 is 0. The molecule has 0 heterocycles. The van der Waals surface area contributed by atoms with Gasteiger partial charge < -0.3 is 19.7 Å². The standard InChI is InChI=1S/C25H26F2N2O5/c1-4-33-24(31)18(25(32)34-5-2)14-29(17-11-12-17)20-13-19(22(27)21(26)15(20)3)28-23(30)16-9-7-6-8-10-16/h6-10,13-14,17H,4-5,11-12H2,1-3H3,(H,28,30). The van der Waals surface area contributed by atoms with Crippen LogP contribution in [0, 0.1) is 18.6 Å². The molecule has 0 aliphatic heterocycles. The van der Waals surface area contributed by atoms with Crippen LogP contribution >= 0.6 is 0 Å². The Labute approximate surface area is 196 Å². The third-order valence-corrected chi connectivity index (χ3v) is 5.19. The van der Waals surface area contributed by atoms with E-state index in [0.717, 1.165) is 0 Å². The molecule has 1 aliphatic carbocycles. The fourth-order valence-electron chi connectivity index (χ4n) is 3.32. The summed E-state index contributed by atoms with van der Waals surface area (Å²) in [5.41, 5.74) is -0.286. The summed E-state index contributed by atoms with van der Waals surface area (Å²) in [5, 5.41) is 2.40. The van der Waals surface area contributed by atoms with E-state index in [0.29, 0.717) is 12.8 Å². The van der Waals surface area contributed by atoms with Gasteiger partial charge in [0.15, 0.2) is 17.2 Å². The largest absolute Gasteiger partial charge is 0.462 e. The topological polar surface area (TPSA) is 84.9 Å². The van der Waals surface area contributed by atoms with Gasteiger partial charge in [-0.05, 0) is 51.8 Å². The molecule has 3 rings (SSSR count). The van der Waals surface area contributed by atoms with Gasteiger partial charge in [0, 0.05) is 29.1 Å². The fourth-order valence-corrected chi connectivity index (χ4v) is 3.32. The van der Waals surface area contributed by atoms with Crippen LogP contribution in [0.25, 0.3) is 0 Å². The molecule has 0 unspecified atom stereocenters. The molecule has 180 valence electrons. The first-order valence-corrected chi connectivity index (χ1v) is 11.0. The Bertz CT molecular complexity index is 1090. The van der Waals surface area contributed by atoms with Gasteiger partial charge in [0.25, 0.3) is 5.91 Å². The number of amides is 1. The average Bonchev–Trinajstić information content (AvgIpc) is 3.66. The number of nitrogens with zero attached hydrogens (tertiary/aromatic N) is 1. The first-order chi connectivity index (χ1) is 16.3. The first-order valence-electron chi connectivity index (χ1n) is 11.0. The lowest BCUT2D eigenvalue weighted by molar-refractivity contribution is -0.146. The third kappa shape index (κ3) is 5.59. The highest BCUT2D eigenvalue weighted by molar-refractivity contribution is 6.14. The number of nitrogens with one attached hydrogen (secondary N) is 1. The number of hydrogen-bond acceptors (Lipinski definition) is 6. The third-order valence-electron chi connectivity index (χ3n) is 5.19. The highest BCUT2D eigenvalue weighted by Crippen LogP contribution is 2.38. The number of carbonyl (C=O) groups is 3. The number of rotatable bonds is 9. The van der Waals surface area contributed by atoms with Crippen molar-refractivity contribution in [3.63, 3.8) is 0 Å². The number of hydrogen-bond donors (Lipinski definition) is 1. The Hall–Kier alpha value is -3.75. The maximum atomic E-state index is 14.9. The molecule has 1 amide bonds. The summed E-state index contributed by atoms with van der Waals surface area (Å²) in [7, 11) is 0. The molecule has 2 aromatic rings. The van der Waals surface area contributed by atoms with Crippen molar-refractivity contribution >= 4 is 29.2 Å². The highest BCUT2D eigenvalue weighted by Gasteiger charge is 2.33. The number of ether oxygens (including phenoxy) is 2. The smallest absolute Gasteiger partial charge is 0.347 e. The lowest BCUT2D eigenvalue weighted by Crippen LogP contribution is -2.27. The van der Waals surface area contributed by atoms with E-state index >= 15 is 0 Å². The van der Waals surface area contributed by atoms with Crippen molar-refractivity contribution in [3.8, 4) is 0 Å². The van der Waals surface area contributed by atoms with Crippen molar-refractivity contribution < 1.29 is 32.6 Å². The van der Waals surface area contributed by atoms with Gasteiger partial charge in [-0.2, -0.15) is 0 Å². The number of anilines is 2. The van der Waals surface area contributed by atoms with E-state index < -0.39 is 29.5 Å². The Morgan fingerprint density at radius 3 is 2.15 bits per heavy atom. The molecular formula is C25H26F2N2O5. The van der Waals surface area contributed by atoms with Crippen molar-refractivity contribution in [2.75, 3.05) is 23.4 Å². The Kier molecular flexibility index (Phi) is 7.99. The molecule has 0 bridgehead atoms. The zero-order valence-electron chi connectivity index (χ0n) is 19.2. The Morgan fingerprint density at radius 1 is 1.03 bits per heavy atom. The summed E-state index contributed by atoms with van der Waals surface area (Å²) in [4.78, 5) is 38.9. The molecule has 0 saturated heterocycles. The summed E-state index contributed by atoms with van der Waals surface area (Å²) < 4.78 is 39.6. The van der Waals surface area contributed by atoms with Crippen molar-refractivity contribution in [1.82, 2.24) is 0 Å². The molecule has 7 nitrogen and oxygen atoms in total. The van der Waals surface area contributed by atoms with Gasteiger partial charge in [-0.1, -0.05) is 18.2 Å². The minimum atomic E-state index is -1.21. The molecule has 34 heavy (non-hydrogen) atoms. The van der Waals surface area contributed by atoms with Crippen LogP contribution in [0.2, 0.25) is 0 Å². The second-order valence-corrected chi connectivity index (χ2v) is 7.64. The normalized spacial score (nSPS) is 12.5. The molecule has 1 aliphatic rings. The Balaban J connectivity index is 2.05. The van der Waals surface area contributed by atoms with Crippen LogP contribution in [-0.4, -0.2) is 37.1 Å². The minimum Gasteiger partial charge on any atom is -0.462 e. The molecule has 0 aromatic heterocycles. The van der Waals surface area contributed by atoms with Crippen LogP contribution < -0.4 is 10.2 Å². The van der Waals surface area contributed by atoms with Gasteiger partial charge in [-0.3, -0.25) is 4.79 Å². The SMILES string of the molecule is CCOC(=O)C(=CN(c1cc(NC(=O)c2ccccc2)c(F)c(F)c1C)C1CC1)C(=O)OCC. The van der Waals surface area contributed by atoms with E-state index in [-0.39, 0.29) is 47.3 Å². The molecule has 9 heteroatoms. The molecule has 2 aromatic carbocycles. The zero-order chi connectivity index (χ0) is 24.8. The van der Waals surface area contributed by atoms with Gasteiger partial charge in [0.1, 0.15) is 0 Å². The van der Waals surface area contributed by atoms with Gasteiger partial charge in [-0.15, -0.1) is 0 Å². The average molecular weight is 472 g/mol. The van der Waals surface area contributed by atoms with Gasteiger partial charge in [0.2, 0.25) is 0 Å². The lowest BCUT2D eigenvalue weighted by atomic mass is 10.1. The molecule has 1 N–H and O–H groups in total. The van der Waals surface area contributed by atoms with E-state index in [2.05, 4.69) is 5.32 Å². The molecular weight excluding hydrogens is 446 g/mol. The van der Waals surface area contributed by atoms with E-state index in [1.807, 2.05) is 0 Å². The number of carbonyl (C=O) groups excluding carboxylic acids is 3. The van der Waals surface area contributed by atoms with Crippen LogP contribution in [-0.2, 0) is 19.1 Å². The minimum absolute atomic E-state index is 0.0366. The fraction of sp³-hybridized carbons (Fsp3) is 0.320.